The van der Waals surface area contributed by atoms with E-state index in [0.717, 1.165) is 17.7 Å². The van der Waals surface area contributed by atoms with Crippen LogP contribution in [0.1, 0.15) is 24.5 Å². The number of rotatable bonds is 9. The molecule has 0 spiro atoms. The summed E-state index contributed by atoms with van der Waals surface area (Å²) in [5.74, 6) is 0.0707. The Morgan fingerprint density at radius 2 is 1.81 bits per heavy atom. The highest BCUT2D eigenvalue weighted by Gasteiger charge is 2.35. The predicted octanol–water partition coefficient (Wildman–Crippen LogP) is 5.64. The molecule has 1 fully saturated rings. The first-order chi connectivity index (χ1) is 17.4. The summed E-state index contributed by atoms with van der Waals surface area (Å²) in [5.41, 5.74) is 8.97. The quantitative estimate of drug-likeness (QED) is 0.352. The molecule has 36 heavy (non-hydrogen) atoms. The number of benzene rings is 3. The lowest BCUT2D eigenvalue weighted by molar-refractivity contribution is -0.125. The van der Waals surface area contributed by atoms with Crippen molar-refractivity contribution in [2.75, 3.05) is 24.0 Å². The fourth-order valence-corrected chi connectivity index (χ4v) is 4.30. The van der Waals surface area contributed by atoms with Gasteiger partial charge in [-0.1, -0.05) is 54.4 Å². The van der Waals surface area contributed by atoms with Crippen molar-refractivity contribution in [2.45, 2.75) is 26.4 Å². The van der Waals surface area contributed by atoms with Gasteiger partial charge in [0.05, 0.1) is 28.8 Å². The van der Waals surface area contributed by atoms with Gasteiger partial charge >= 0.3 is 0 Å². The molecule has 0 saturated carbocycles. The molecule has 1 aliphatic rings. The molecule has 1 heterocycles. The molecule has 7 nitrogen and oxygen atoms in total. The third-order valence-electron chi connectivity index (χ3n) is 6.04. The molecule has 0 unspecified atom stereocenters. The number of halogens is 2. The molecule has 1 atom stereocenters. The molecule has 2 N–H and O–H groups in total. The Morgan fingerprint density at radius 1 is 1.06 bits per heavy atom. The van der Waals surface area contributed by atoms with E-state index in [4.69, 9.17) is 32.7 Å². The van der Waals surface area contributed by atoms with Gasteiger partial charge in [0.25, 0.3) is 0 Å². The van der Waals surface area contributed by atoms with Crippen LogP contribution in [0.4, 0.5) is 11.4 Å². The Bertz CT molecular complexity index is 1250. The molecular weight excluding hydrogens is 501 g/mol. The molecule has 1 saturated heterocycles. The first-order valence-electron chi connectivity index (χ1n) is 11.6. The zero-order valence-corrected chi connectivity index (χ0v) is 21.5. The summed E-state index contributed by atoms with van der Waals surface area (Å²) < 4.78 is 11.4. The molecule has 4 rings (SSSR count). The van der Waals surface area contributed by atoms with Gasteiger partial charge in [-0.05, 0) is 53.9 Å². The van der Waals surface area contributed by atoms with Crippen LogP contribution in [0.15, 0.2) is 60.7 Å². The summed E-state index contributed by atoms with van der Waals surface area (Å²) in [4.78, 5) is 27.2. The monoisotopic (exact) mass is 527 g/mol. The number of hydrogen-bond donors (Lipinski definition) is 2. The van der Waals surface area contributed by atoms with E-state index >= 15 is 0 Å². The Morgan fingerprint density at radius 3 is 2.50 bits per heavy atom. The molecule has 0 bridgehead atoms. The van der Waals surface area contributed by atoms with E-state index in [9.17, 15) is 9.59 Å². The maximum atomic E-state index is 12.9. The topological polar surface area (TPSA) is 79.9 Å². The first kappa shape index (κ1) is 25.7. The van der Waals surface area contributed by atoms with Crippen LogP contribution in [0.25, 0.3) is 0 Å². The fraction of sp³-hybridized carbons (Fsp3) is 0.259. The van der Waals surface area contributed by atoms with Gasteiger partial charge in [0.1, 0.15) is 6.61 Å². The number of nitrogens with zero attached hydrogens (tertiary/aromatic N) is 1. The Balaban J connectivity index is 1.41. The number of hydrogen-bond acceptors (Lipinski definition) is 5. The van der Waals surface area contributed by atoms with Crippen LogP contribution in [0.5, 0.6) is 11.5 Å². The second kappa shape index (κ2) is 11.5. The number of ether oxygens (including phenoxy) is 2. The normalized spacial score (nSPS) is 15.1. The highest BCUT2D eigenvalue weighted by atomic mass is 35.5. The molecule has 0 aliphatic carbocycles. The maximum absolute atomic E-state index is 12.9. The average Bonchev–Trinajstić information content (AvgIpc) is 3.29. The van der Waals surface area contributed by atoms with Crippen LogP contribution in [0.3, 0.4) is 0 Å². The number of hydrazine groups is 1. The minimum atomic E-state index is -0.484. The van der Waals surface area contributed by atoms with Gasteiger partial charge < -0.3 is 14.4 Å². The molecule has 9 heteroatoms. The van der Waals surface area contributed by atoms with Crippen LogP contribution in [0.2, 0.25) is 10.0 Å². The number of anilines is 2. The van der Waals surface area contributed by atoms with E-state index in [1.807, 2.05) is 30.3 Å². The summed E-state index contributed by atoms with van der Waals surface area (Å²) >= 11 is 12.1. The van der Waals surface area contributed by atoms with Gasteiger partial charge in [-0.25, -0.2) is 0 Å². The number of amides is 2. The van der Waals surface area contributed by atoms with Gasteiger partial charge in [0.15, 0.2) is 11.5 Å². The molecule has 0 radical (unpaired) electrons. The summed E-state index contributed by atoms with van der Waals surface area (Å²) in [6.07, 6.45) is 1.07. The molecule has 0 aromatic heterocycles. The van der Waals surface area contributed by atoms with Crippen molar-refractivity contribution in [2.24, 2.45) is 5.92 Å². The lowest BCUT2D eigenvalue weighted by atomic mass is 10.1. The minimum Gasteiger partial charge on any atom is -0.493 e. The van der Waals surface area contributed by atoms with Crippen LogP contribution in [0, 0.1) is 5.92 Å². The molecule has 2 amide bonds. The number of carbonyl (C=O) groups excluding carboxylic acids is 2. The molecule has 3 aromatic rings. The van der Waals surface area contributed by atoms with Gasteiger partial charge in [-0.15, -0.1) is 0 Å². The van der Waals surface area contributed by atoms with Crippen molar-refractivity contribution in [1.82, 2.24) is 5.43 Å². The number of aryl methyl sites for hydroxylation is 1. The smallest absolute Gasteiger partial charge is 0.243 e. The number of methoxy groups -OCH3 is 1. The van der Waals surface area contributed by atoms with E-state index in [1.54, 1.807) is 35.2 Å². The largest absolute Gasteiger partial charge is 0.493 e. The van der Waals surface area contributed by atoms with Crippen molar-refractivity contribution in [1.29, 1.82) is 0 Å². The zero-order chi connectivity index (χ0) is 25.7. The standard InChI is InChI=1S/C27H27Cl2N3O4/c1-3-17-7-10-20(11-8-17)32-15-19(14-25(32)33)27(34)31-30-23-5-4-6-24(35-2)26(23)36-16-18-9-12-21(28)22(29)13-18/h4-13,19,30H,3,14-16H2,1-2H3,(H,31,34)/t19-/m1/s1. The van der Waals surface area contributed by atoms with Crippen molar-refractivity contribution < 1.29 is 19.1 Å². The Kier molecular flexibility index (Phi) is 8.23. The van der Waals surface area contributed by atoms with E-state index in [1.165, 1.54) is 12.7 Å². The van der Waals surface area contributed by atoms with Gasteiger partial charge in [0, 0.05) is 18.7 Å². The molecular formula is C27H27Cl2N3O4. The fourth-order valence-electron chi connectivity index (χ4n) is 3.98. The van der Waals surface area contributed by atoms with Crippen molar-refractivity contribution in [3.63, 3.8) is 0 Å². The van der Waals surface area contributed by atoms with E-state index in [-0.39, 0.29) is 24.8 Å². The number of carbonyl (C=O) groups is 2. The average molecular weight is 528 g/mol. The highest BCUT2D eigenvalue weighted by Crippen LogP contribution is 2.36. The van der Waals surface area contributed by atoms with E-state index < -0.39 is 5.92 Å². The second-order valence-corrected chi connectivity index (χ2v) is 9.23. The van der Waals surface area contributed by atoms with Crippen molar-refractivity contribution >= 4 is 46.4 Å². The number of nitrogens with one attached hydrogen (secondary N) is 2. The maximum Gasteiger partial charge on any atom is 0.243 e. The summed E-state index contributed by atoms with van der Waals surface area (Å²) in [5, 5.41) is 0.898. The Hall–Kier alpha value is -3.42. The minimum absolute atomic E-state index is 0.0774. The van der Waals surface area contributed by atoms with Crippen LogP contribution >= 0.6 is 23.2 Å². The van der Waals surface area contributed by atoms with Crippen LogP contribution < -0.4 is 25.2 Å². The third-order valence-corrected chi connectivity index (χ3v) is 6.78. The Labute approximate surface area is 220 Å². The van der Waals surface area contributed by atoms with Crippen molar-refractivity contribution in [3.8, 4) is 11.5 Å². The van der Waals surface area contributed by atoms with E-state index in [0.29, 0.717) is 33.8 Å². The summed E-state index contributed by atoms with van der Waals surface area (Å²) in [6, 6.07) is 18.4. The second-order valence-electron chi connectivity index (χ2n) is 8.41. The molecule has 3 aromatic carbocycles. The third kappa shape index (κ3) is 5.86. The van der Waals surface area contributed by atoms with Gasteiger partial charge in [-0.2, -0.15) is 0 Å². The highest BCUT2D eigenvalue weighted by molar-refractivity contribution is 6.42. The van der Waals surface area contributed by atoms with Crippen molar-refractivity contribution in [3.05, 3.63) is 81.8 Å². The van der Waals surface area contributed by atoms with Crippen LogP contribution in [-0.2, 0) is 22.6 Å². The first-order valence-corrected chi connectivity index (χ1v) is 12.3. The SMILES string of the molecule is CCc1ccc(N2C[C@H](C(=O)NNc3cccc(OC)c3OCc3ccc(Cl)c(Cl)c3)CC2=O)cc1. The lowest BCUT2D eigenvalue weighted by Crippen LogP contribution is -2.36. The number of para-hydroxylation sites is 1. The summed E-state index contributed by atoms with van der Waals surface area (Å²) in [6.45, 7) is 2.61. The van der Waals surface area contributed by atoms with E-state index in [2.05, 4.69) is 17.8 Å². The van der Waals surface area contributed by atoms with Gasteiger partial charge in [-0.3, -0.25) is 20.4 Å². The lowest BCUT2D eigenvalue weighted by Gasteiger charge is -2.19. The molecule has 188 valence electrons. The zero-order valence-electron chi connectivity index (χ0n) is 20.0. The predicted molar refractivity (Wildman–Crippen MR) is 142 cm³/mol. The van der Waals surface area contributed by atoms with Gasteiger partial charge in [0.2, 0.25) is 11.8 Å². The molecule has 1 aliphatic heterocycles. The summed E-state index contributed by atoms with van der Waals surface area (Å²) in [7, 11) is 1.54. The van der Waals surface area contributed by atoms with Crippen LogP contribution in [-0.4, -0.2) is 25.5 Å².